The van der Waals surface area contributed by atoms with Crippen molar-refractivity contribution in [3.63, 3.8) is 0 Å². The molecule has 0 amide bonds. The highest BCUT2D eigenvalue weighted by atomic mass is 32.2. The average Bonchev–Trinajstić information content (AvgIpc) is 3.15. The second kappa shape index (κ2) is 17.1. The van der Waals surface area contributed by atoms with Gasteiger partial charge in [0, 0.05) is 12.1 Å². The fourth-order valence-electron chi connectivity index (χ4n) is 5.52. The van der Waals surface area contributed by atoms with Crippen molar-refractivity contribution in [1.29, 1.82) is 0 Å². The first-order valence-corrected chi connectivity index (χ1v) is 17.2. The van der Waals surface area contributed by atoms with Crippen LogP contribution in [-0.2, 0) is 48.3 Å². The highest BCUT2D eigenvalue weighted by Gasteiger charge is 2.54. The van der Waals surface area contributed by atoms with Gasteiger partial charge in [-0.1, -0.05) is 36.4 Å². The highest BCUT2D eigenvalue weighted by Crippen LogP contribution is 2.34. The molecule has 0 aromatic heterocycles. The quantitative estimate of drug-likeness (QED) is 0.0954. The number of nitro benzene ring substituents is 1. The molecule has 1 aliphatic carbocycles. The van der Waals surface area contributed by atoms with Crippen LogP contribution < -0.4 is 14.2 Å². The summed E-state index contributed by atoms with van der Waals surface area (Å²) in [5.41, 5.74) is 1.71. The number of aliphatic hydroxyl groups excluding tert-OH is 2. The van der Waals surface area contributed by atoms with Gasteiger partial charge in [-0.25, -0.2) is 0 Å². The highest BCUT2D eigenvalue weighted by molar-refractivity contribution is 7.86. The molecule has 2 N–H and O–H groups in total. The van der Waals surface area contributed by atoms with Gasteiger partial charge in [-0.3, -0.25) is 14.3 Å². The number of ether oxygens (including phenoxy) is 6. The molecular weight excluding hydrogens is 686 g/mol. The van der Waals surface area contributed by atoms with E-state index in [0.717, 1.165) is 24.3 Å². The van der Waals surface area contributed by atoms with Crippen molar-refractivity contribution in [3.05, 3.63) is 124 Å². The number of nitro groups is 1. The van der Waals surface area contributed by atoms with Crippen molar-refractivity contribution in [2.75, 3.05) is 21.3 Å². The Labute approximate surface area is 295 Å². The fourth-order valence-corrected chi connectivity index (χ4v) is 6.62. The first kappa shape index (κ1) is 37.6. The van der Waals surface area contributed by atoms with Crippen LogP contribution in [0.1, 0.15) is 16.7 Å². The number of benzene rings is 4. The Kier molecular flexibility index (Phi) is 12.6. The Bertz CT molecular complexity index is 1750. The summed E-state index contributed by atoms with van der Waals surface area (Å²) in [6.07, 6.45) is -9.03. The van der Waals surface area contributed by atoms with Crippen molar-refractivity contribution in [1.82, 2.24) is 0 Å². The second-order valence-corrected chi connectivity index (χ2v) is 13.2. The summed E-state index contributed by atoms with van der Waals surface area (Å²) < 4.78 is 67.3. The maximum atomic E-state index is 13.7. The predicted molar refractivity (Wildman–Crippen MR) is 182 cm³/mol. The van der Waals surface area contributed by atoms with Crippen molar-refractivity contribution < 1.29 is 56.2 Å². The number of nitrogens with zero attached hydrogens (tertiary/aromatic N) is 1. The van der Waals surface area contributed by atoms with Crippen molar-refractivity contribution in [2.45, 2.75) is 61.3 Å². The topological polar surface area (TPSA) is 182 Å². The first-order valence-electron chi connectivity index (χ1n) is 15.8. The molecule has 0 aliphatic heterocycles. The van der Waals surface area contributed by atoms with Crippen molar-refractivity contribution in [2.24, 2.45) is 0 Å². The predicted octanol–water partition coefficient (Wildman–Crippen LogP) is 4.19. The second-order valence-electron chi connectivity index (χ2n) is 11.6. The van der Waals surface area contributed by atoms with Crippen LogP contribution in [0.15, 0.2) is 102 Å². The lowest BCUT2D eigenvalue weighted by molar-refractivity contribution is -0.384. The Morgan fingerprint density at radius 1 is 0.569 bits per heavy atom. The molecule has 0 heterocycles. The molecule has 1 aliphatic rings. The molecule has 5 rings (SSSR count). The Morgan fingerprint density at radius 3 is 1.25 bits per heavy atom. The Morgan fingerprint density at radius 2 is 0.922 bits per heavy atom. The molecule has 51 heavy (non-hydrogen) atoms. The van der Waals surface area contributed by atoms with Gasteiger partial charge in [-0.15, -0.1) is 0 Å². The van der Waals surface area contributed by atoms with Crippen LogP contribution in [0.4, 0.5) is 5.69 Å². The molecule has 4 aromatic rings. The zero-order chi connectivity index (χ0) is 36.5. The third kappa shape index (κ3) is 9.39. The Hall–Kier alpha value is -4.61. The largest absolute Gasteiger partial charge is 0.497 e. The molecule has 1 saturated carbocycles. The van der Waals surface area contributed by atoms with Crippen LogP contribution in [0.25, 0.3) is 0 Å². The zero-order valence-electron chi connectivity index (χ0n) is 28.1. The number of non-ortho nitro benzene ring substituents is 1. The summed E-state index contributed by atoms with van der Waals surface area (Å²) in [4.78, 5) is 10.1. The van der Waals surface area contributed by atoms with Crippen LogP contribution in [0.5, 0.6) is 17.2 Å². The molecule has 15 heteroatoms. The third-order valence-electron chi connectivity index (χ3n) is 8.37. The number of hydrogen-bond donors (Lipinski definition) is 2. The minimum Gasteiger partial charge on any atom is -0.497 e. The molecule has 1 fully saturated rings. The fraction of sp³-hybridized carbons (Fsp3) is 0.333. The minimum atomic E-state index is -4.67. The monoisotopic (exact) mass is 725 g/mol. The van der Waals surface area contributed by atoms with E-state index in [9.17, 15) is 28.7 Å². The van der Waals surface area contributed by atoms with Gasteiger partial charge in [0.1, 0.15) is 53.9 Å². The van der Waals surface area contributed by atoms with Crippen LogP contribution in [0.2, 0.25) is 0 Å². The smallest absolute Gasteiger partial charge is 0.297 e. The minimum absolute atomic E-state index is 0.0359. The lowest BCUT2D eigenvalue weighted by atomic mass is 9.84. The maximum absolute atomic E-state index is 13.7. The van der Waals surface area contributed by atoms with E-state index in [0.29, 0.717) is 33.9 Å². The molecule has 14 nitrogen and oxygen atoms in total. The summed E-state index contributed by atoms with van der Waals surface area (Å²) in [6.45, 7) is -0.239. The lowest BCUT2D eigenvalue weighted by Gasteiger charge is -2.46. The summed E-state index contributed by atoms with van der Waals surface area (Å²) >= 11 is 0. The van der Waals surface area contributed by atoms with Gasteiger partial charge in [0.25, 0.3) is 15.8 Å². The molecule has 0 bridgehead atoms. The van der Waals surface area contributed by atoms with Gasteiger partial charge in [0.2, 0.25) is 0 Å². The standard InChI is InChI=1S/C36H39NO13S/c1-44-27-12-4-23(5-13-27)20-47-33-31(38)34(48-21-24-6-14-28(45-2)15-7-24)36(50-51(42,43)30-18-10-26(11-19-30)37(40)41)35(32(33)39)49-22-25-8-16-29(46-3)17-9-25/h4-19,31-36,38-39H,20-22H2,1-3H3. The van der Waals surface area contributed by atoms with Gasteiger partial charge in [0.15, 0.2) is 0 Å². The SMILES string of the molecule is COc1ccc(COC2C(O)C(OCc3ccc(OC)cc3)C(OS(=O)(=O)c3ccc([N+](=O)[O-])cc3)C(OCc3ccc(OC)cc3)C2O)cc1. The molecule has 4 aromatic carbocycles. The van der Waals surface area contributed by atoms with Gasteiger partial charge in [-0.2, -0.15) is 8.42 Å². The lowest BCUT2D eigenvalue weighted by Crippen LogP contribution is -2.66. The number of rotatable bonds is 16. The van der Waals surface area contributed by atoms with E-state index in [2.05, 4.69) is 0 Å². The maximum Gasteiger partial charge on any atom is 0.297 e. The number of hydrogen-bond acceptors (Lipinski definition) is 13. The first-order chi connectivity index (χ1) is 24.5. The van der Waals surface area contributed by atoms with Gasteiger partial charge in [-0.05, 0) is 65.2 Å². The van der Waals surface area contributed by atoms with E-state index in [1.165, 1.54) is 14.2 Å². The van der Waals surface area contributed by atoms with E-state index in [1.807, 2.05) is 0 Å². The van der Waals surface area contributed by atoms with Crippen molar-refractivity contribution in [3.8, 4) is 17.2 Å². The third-order valence-corrected chi connectivity index (χ3v) is 9.70. The molecule has 4 unspecified atom stereocenters. The average molecular weight is 726 g/mol. The summed E-state index contributed by atoms with van der Waals surface area (Å²) in [7, 11) is -0.0716. The van der Waals surface area contributed by atoms with E-state index < -0.39 is 56.6 Å². The summed E-state index contributed by atoms with van der Waals surface area (Å²) in [5, 5.41) is 34.7. The van der Waals surface area contributed by atoms with Crippen LogP contribution >= 0.6 is 0 Å². The van der Waals surface area contributed by atoms with Gasteiger partial charge < -0.3 is 38.6 Å². The van der Waals surface area contributed by atoms with E-state index in [4.69, 9.17) is 32.6 Å². The molecular formula is C36H39NO13S. The van der Waals surface area contributed by atoms with E-state index >= 15 is 0 Å². The van der Waals surface area contributed by atoms with E-state index in [1.54, 1.807) is 79.9 Å². The number of methoxy groups -OCH3 is 3. The Balaban J connectivity index is 1.49. The van der Waals surface area contributed by atoms with Crippen LogP contribution in [0.3, 0.4) is 0 Å². The molecule has 0 saturated heterocycles. The van der Waals surface area contributed by atoms with Crippen LogP contribution in [-0.4, -0.2) is 81.5 Å². The van der Waals surface area contributed by atoms with Crippen LogP contribution in [0, 0.1) is 10.1 Å². The molecule has 0 radical (unpaired) electrons. The molecule has 4 atom stereocenters. The van der Waals surface area contributed by atoms with Crippen molar-refractivity contribution >= 4 is 15.8 Å². The number of aliphatic hydroxyl groups is 2. The summed E-state index contributed by atoms with van der Waals surface area (Å²) in [5.74, 6) is 1.84. The molecule has 272 valence electrons. The van der Waals surface area contributed by atoms with E-state index in [-0.39, 0.29) is 25.5 Å². The summed E-state index contributed by atoms with van der Waals surface area (Å²) in [6, 6.07) is 24.9. The normalized spacial score (nSPS) is 21.9. The molecule has 0 spiro atoms. The van der Waals surface area contributed by atoms with Gasteiger partial charge in [0.05, 0.1) is 51.0 Å². The van der Waals surface area contributed by atoms with Gasteiger partial charge >= 0.3 is 0 Å². The zero-order valence-corrected chi connectivity index (χ0v) is 28.9.